The molecule has 1 fully saturated rings. The molecule has 0 bridgehead atoms. The molecule has 3 rings (SSSR count). The summed E-state index contributed by atoms with van der Waals surface area (Å²) in [5.41, 5.74) is -0.0379. The maximum Gasteiger partial charge on any atom is 0.225 e. The number of halogens is 1. The molecule has 5 nitrogen and oxygen atoms in total. The number of benzene rings is 1. The van der Waals surface area contributed by atoms with Gasteiger partial charge in [0.2, 0.25) is 5.91 Å². The lowest BCUT2D eigenvalue weighted by Crippen LogP contribution is -2.36. The zero-order chi connectivity index (χ0) is 21.0. The van der Waals surface area contributed by atoms with E-state index in [9.17, 15) is 9.90 Å². The molecule has 1 saturated heterocycles. The summed E-state index contributed by atoms with van der Waals surface area (Å²) in [6, 6.07) is 7.43. The largest absolute Gasteiger partial charge is 0.492 e. The van der Waals surface area contributed by atoms with Gasteiger partial charge in [-0.2, -0.15) is 0 Å². The van der Waals surface area contributed by atoms with Crippen LogP contribution in [0.4, 0.5) is 0 Å². The van der Waals surface area contributed by atoms with E-state index < -0.39 is 5.60 Å². The van der Waals surface area contributed by atoms with Crippen LogP contribution in [0.5, 0.6) is 5.75 Å². The van der Waals surface area contributed by atoms with Crippen molar-refractivity contribution in [3.8, 4) is 5.75 Å². The van der Waals surface area contributed by atoms with Crippen LogP contribution in [0.2, 0.25) is 5.02 Å². The fourth-order valence-electron chi connectivity index (χ4n) is 3.59. The number of hydrogen-bond acceptors (Lipinski definition) is 5. The summed E-state index contributed by atoms with van der Waals surface area (Å²) in [7, 11) is 0. The predicted molar refractivity (Wildman–Crippen MR) is 117 cm³/mol. The number of carbonyl (C=O) groups excluding carboxylic acids is 1. The smallest absolute Gasteiger partial charge is 0.225 e. The Hall–Kier alpha value is -1.63. The van der Waals surface area contributed by atoms with Crippen molar-refractivity contribution in [1.29, 1.82) is 0 Å². The predicted octanol–water partition coefficient (Wildman–Crippen LogP) is 4.58. The lowest BCUT2D eigenvalue weighted by molar-refractivity contribution is -0.134. The number of nitrogens with zero attached hydrogens (tertiary/aromatic N) is 2. The molecule has 1 aromatic heterocycles. The number of thiazole rings is 1. The van der Waals surface area contributed by atoms with E-state index in [0.717, 1.165) is 22.0 Å². The molecule has 0 spiro atoms. The molecular formula is C22H29ClN2O3S. The van der Waals surface area contributed by atoms with Gasteiger partial charge in [0, 0.05) is 36.7 Å². The fourth-order valence-corrected chi connectivity index (χ4v) is 4.97. The molecule has 158 valence electrons. The van der Waals surface area contributed by atoms with Crippen LogP contribution in [0.15, 0.2) is 24.3 Å². The van der Waals surface area contributed by atoms with Gasteiger partial charge in [0.25, 0.3) is 0 Å². The van der Waals surface area contributed by atoms with Crippen LogP contribution in [0, 0.1) is 12.8 Å². The minimum atomic E-state index is -0.969. The van der Waals surface area contributed by atoms with Crippen LogP contribution >= 0.6 is 22.9 Å². The highest BCUT2D eigenvalue weighted by molar-refractivity contribution is 7.11. The van der Waals surface area contributed by atoms with E-state index in [1.165, 1.54) is 0 Å². The van der Waals surface area contributed by atoms with Gasteiger partial charge in [0.05, 0.1) is 17.3 Å². The third kappa shape index (κ3) is 5.30. The number of para-hydroxylation sites is 1. The van der Waals surface area contributed by atoms with Gasteiger partial charge < -0.3 is 14.7 Å². The molecule has 0 aliphatic carbocycles. The zero-order valence-electron chi connectivity index (χ0n) is 17.3. The molecular weight excluding hydrogens is 408 g/mol. The summed E-state index contributed by atoms with van der Waals surface area (Å²) in [4.78, 5) is 20.0. The van der Waals surface area contributed by atoms with Crippen molar-refractivity contribution >= 4 is 28.8 Å². The minimum absolute atomic E-state index is 0.0204. The fraction of sp³-hybridized carbons (Fsp3) is 0.545. The summed E-state index contributed by atoms with van der Waals surface area (Å²) in [6.07, 6.45) is 2.63. The standard InChI is InChI=1S/C22H29ClN2O3S/c1-15(2)20(26)25-12-6-10-22(27,11-13-25)21-24-16(3)19(29-21)9-14-28-18-8-5-4-7-17(18)23/h4-5,7-8,15,27H,6,9-14H2,1-3H3/t22-/m0/s1. The van der Waals surface area contributed by atoms with Gasteiger partial charge in [-0.15, -0.1) is 11.3 Å². The first-order valence-corrected chi connectivity index (χ1v) is 11.3. The molecule has 0 unspecified atom stereocenters. The van der Waals surface area contributed by atoms with Crippen molar-refractivity contribution in [2.75, 3.05) is 19.7 Å². The third-order valence-electron chi connectivity index (χ3n) is 5.33. The van der Waals surface area contributed by atoms with Gasteiger partial charge >= 0.3 is 0 Å². The Morgan fingerprint density at radius 1 is 1.34 bits per heavy atom. The first kappa shape index (κ1) is 22.1. The number of likely N-dealkylation sites (tertiary alicyclic amines) is 1. The molecule has 1 aliphatic rings. The number of aromatic nitrogens is 1. The Bertz CT molecular complexity index is 854. The summed E-state index contributed by atoms with van der Waals surface area (Å²) in [6.45, 7) is 7.57. The van der Waals surface area contributed by atoms with Crippen molar-refractivity contribution in [1.82, 2.24) is 9.88 Å². The second kappa shape index (κ2) is 9.45. The van der Waals surface area contributed by atoms with Crippen molar-refractivity contribution in [2.45, 2.75) is 52.1 Å². The maximum atomic E-state index is 12.3. The SMILES string of the molecule is Cc1nc([C@]2(O)CCCN(C(=O)C(C)C)CC2)sc1CCOc1ccccc1Cl. The van der Waals surface area contributed by atoms with Crippen molar-refractivity contribution in [3.05, 3.63) is 44.9 Å². The molecule has 2 heterocycles. The highest BCUT2D eigenvalue weighted by Gasteiger charge is 2.36. The lowest BCUT2D eigenvalue weighted by atomic mass is 9.96. The third-order valence-corrected chi connectivity index (χ3v) is 7.06. The molecule has 1 aliphatic heterocycles. The second-order valence-corrected chi connectivity index (χ2v) is 9.41. The van der Waals surface area contributed by atoms with E-state index in [4.69, 9.17) is 16.3 Å². The second-order valence-electron chi connectivity index (χ2n) is 7.92. The summed E-state index contributed by atoms with van der Waals surface area (Å²) < 4.78 is 5.80. The van der Waals surface area contributed by atoms with Crippen LogP contribution in [0.1, 0.15) is 48.7 Å². The topological polar surface area (TPSA) is 62.7 Å². The van der Waals surface area contributed by atoms with Crippen molar-refractivity contribution in [3.63, 3.8) is 0 Å². The molecule has 1 atom stereocenters. The normalized spacial score (nSPS) is 20.0. The highest BCUT2D eigenvalue weighted by atomic mass is 35.5. The van der Waals surface area contributed by atoms with Crippen LogP contribution in [0.3, 0.4) is 0 Å². The molecule has 29 heavy (non-hydrogen) atoms. The molecule has 0 radical (unpaired) electrons. The number of amides is 1. The van der Waals surface area contributed by atoms with E-state index >= 15 is 0 Å². The highest BCUT2D eigenvalue weighted by Crippen LogP contribution is 2.37. The van der Waals surface area contributed by atoms with Crippen molar-refractivity contribution in [2.24, 2.45) is 5.92 Å². The van der Waals surface area contributed by atoms with E-state index in [0.29, 0.717) is 49.7 Å². The van der Waals surface area contributed by atoms with Gasteiger partial charge in [-0.25, -0.2) is 4.98 Å². The van der Waals surface area contributed by atoms with Gasteiger partial charge in [-0.05, 0) is 31.9 Å². The molecule has 1 amide bonds. The zero-order valence-corrected chi connectivity index (χ0v) is 18.9. The van der Waals surface area contributed by atoms with E-state index in [1.54, 1.807) is 11.3 Å². The molecule has 2 aromatic rings. The van der Waals surface area contributed by atoms with Crippen LogP contribution < -0.4 is 4.74 Å². The van der Waals surface area contributed by atoms with Crippen molar-refractivity contribution < 1.29 is 14.6 Å². The Balaban J connectivity index is 1.64. The Labute approximate surface area is 181 Å². The average Bonchev–Trinajstić information content (AvgIpc) is 2.94. The Morgan fingerprint density at radius 3 is 2.83 bits per heavy atom. The molecule has 7 heteroatoms. The number of carbonyl (C=O) groups is 1. The van der Waals surface area contributed by atoms with Gasteiger partial charge in [-0.1, -0.05) is 37.6 Å². The van der Waals surface area contributed by atoms with Crippen LogP contribution in [-0.2, 0) is 16.8 Å². The minimum Gasteiger partial charge on any atom is -0.492 e. The number of hydrogen-bond donors (Lipinski definition) is 1. The number of aryl methyl sites for hydroxylation is 1. The monoisotopic (exact) mass is 436 g/mol. The summed E-state index contributed by atoms with van der Waals surface area (Å²) in [5, 5.41) is 12.7. The maximum absolute atomic E-state index is 12.3. The number of aliphatic hydroxyl groups is 1. The summed E-state index contributed by atoms with van der Waals surface area (Å²) >= 11 is 7.69. The van der Waals surface area contributed by atoms with Gasteiger partial charge in [0.15, 0.2) is 0 Å². The van der Waals surface area contributed by atoms with E-state index in [1.807, 2.05) is 49.9 Å². The Kier molecular flexibility index (Phi) is 7.19. The quantitative estimate of drug-likeness (QED) is 0.719. The number of ether oxygens (including phenoxy) is 1. The van der Waals surface area contributed by atoms with E-state index in [2.05, 4.69) is 4.98 Å². The van der Waals surface area contributed by atoms with E-state index in [-0.39, 0.29) is 11.8 Å². The number of rotatable bonds is 6. The molecule has 0 saturated carbocycles. The van der Waals surface area contributed by atoms with Gasteiger partial charge in [-0.3, -0.25) is 4.79 Å². The van der Waals surface area contributed by atoms with Crippen LogP contribution in [-0.4, -0.2) is 40.6 Å². The Morgan fingerprint density at radius 2 is 2.10 bits per heavy atom. The van der Waals surface area contributed by atoms with Crippen LogP contribution in [0.25, 0.3) is 0 Å². The first-order valence-electron chi connectivity index (χ1n) is 10.2. The first-order chi connectivity index (χ1) is 13.8. The van der Waals surface area contributed by atoms with Gasteiger partial charge in [0.1, 0.15) is 16.4 Å². The lowest BCUT2D eigenvalue weighted by Gasteiger charge is -2.25. The molecule has 1 aromatic carbocycles. The molecule has 1 N–H and O–H groups in total. The summed E-state index contributed by atoms with van der Waals surface area (Å²) in [5.74, 6) is 0.809. The average molecular weight is 437 g/mol.